The van der Waals surface area contributed by atoms with E-state index in [0.29, 0.717) is 11.3 Å². The van der Waals surface area contributed by atoms with Gasteiger partial charge in [-0.15, -0.1) is 0 Å². The molecule has 0 spiro atoms. The highest BCUT2D eigenvalue weighted by Crippen LogP contribution is 2.03. The first-order valence-corrected chi connectivity index (χ1v) is 6.55. The standard InChI is InChI=1S/C16H16N2O3/c1-12-5-4-6-13(9-12)16(20)18-10-15(19)21-11-14-7-2-3-8-17-14/h2-9H,10-11H2,1H3,(H,18,20). The van der Waals surface area contributed by atoms with Crippen LogP contribution in [0.3, 0.4) is 0 Å². The Morgan fingerprint density at radius 1 is 1.19 bits per heavy atom. The molecule has 0 aliphatic heterocycles. The number of carbonyl (C=O) groups excluding carboxylic acids is 2. The van der Waals surface area contributed by atoms with Gasteiger partial charge in [0.15, 0.2) is 0 Å². The molecule has 108 valence electrons. The number of hydrogen-bond donors (Lipinski definition) is 1. The highest BCUT2D eigenvalue weighted by atomic mass is 16.5. The second-order valence-electron chi connectivity index (χ2n) is 4.53. The molecule has 2 aromatic rings. The molecular formula is C16H16N2O3. The molecule has 0 saturated heterocycles. The van der Waals surface area contributed by atoms with Crippen LogP contribution in [0.25, 0.3) is 0 Å². The Hall–Kier alpha value is -2.69. The molecule has 1 amide bonds. The zero-order valence-corrected chi connectivity index (χ0v) is 11.7. The molecule has 1 aromatic carbocycles. The minimum absolute atomic E-state index is 0.0972. The third kappa shape index (κ3) is 4.72. The van der Waals surface area contributed by atoms with Crippen molar-refractivity contribution in [2.75, 3.05) is 6.54 Å². The molecule has 0 atom stereocenters. The van der Waals surface area contributed by atoms with E-state index in [2.05, 4.69) is 10.3 Å². The summed E-state index contributed by atoms with van der Waals surface area (Å²) in [5.74, 6) is -0.796. The first-order valence-electron chi connectivity index (χ1n) is 6.55. The molecule has 1 aromatic heterocycles. The lowest BCUT2D eigenvalue weighted by Gasteiger charge is -2.06. The third-order valence-corrected chi connectivity index (χ3v) is 2.78. The number of nitrogens with one attached hydrogen (secondary N) is 1. The largest absolute Gasteiger partial charge is 0.458 e. The number of pyridine rings is 1. The molecule has 0 fully saturated rings. The summed E-state index contributed by atoms with van der Waals surface area (Å²) in [7, 11) is 0. The molecule has 0 bridgehead atoms. The number of carbonyl (C=O) groups is 2. The molecule has 2 rings (SSSR count). The highest BCUT2D eigenvalue weighted by molar-refractivity contribution is 5.96. The van der Waals surface area contributed by atoms with Crippen LogP contribution in [0.15, 0.2) is 48.7 Å². The number of rotatable bonds is 5. The van der Waals surface area contributed by atoms with Gasteiger partial charge in [0, 0.05) is 11.8 Å². The van der Waals surface area contributed by atoms with E-state index >= 15 is 0 Å². The van der Waals surface area contributed by atoms with Crippen LogP contribution in [0.1, 0.15) is 21.6 Å². The van der Waals surface area contributed by atoms with Gasteiger partial charge >= 0.3 is 5.97 Å². The van der Waals surface area contributed by atoms with Crippen LogP contribution >= 0.6 is 0 Å². The van der Waals surface area contributed by atoms with Gasteiger partial charge in [0.1, 0.15) is 13.2 Å². The van der Waals surface area contributed by atoms with Crippen LogP contribution in [0, 0.1) is 6.92 Å². The van der Waals surface area contributed by atoms with E-state index in [-0.39, 0.29) is 19.1 Å². The highest BCUT2D eigenvalue weighted by Gasteiger charge is 2.09. The second kappa shape index (κ2) is 7.19. The lowest BCUT2D eigenvalue weighted by molar-refractivity contribution is -0.143. The van der Waals surface area contributed by atoms with E-state index in [0.717, 1.165) is 5.56 Å². The zero-order valence-electron chi connectivity index (χ0n) is 11.7. The van der Waals surface area contributed by atoms with Crippen LogP contribution in [-0.2, 0) is 16.1 Å². The third-order valence-electron chi connectivity index (χ3n) is 2.78. The summed E-state index contributed by atoms with van der Waals surface area (Å²) < 4.78 is 5.02. The van der Waals surface area contributed by atoms with Gasteiger partial charge in [-0.05, 0) is 31.2 Å². The first-order chi connectivity index (χ1) is 10.1. The lowest BCUT2D eigenvalue weighted by atomic mass is 10.1. The Bertz CT molecular complexity index is 626. The number of hydrogen-bond acceptors (Lipinski definition) is 4. The molecule has 0 radical (unpaired) electrons. The summed E-state index contributed by atoms with van der Waals surface area (Å²) in [5.41, 5.74) is 2.17. The number of amides is 1. The SMILES string of the molecule is Cc1cccc(C(=O)NCC(=O)OCc2ccccn2)c1. The van der Waals surface area contributed by atoms with Gasteiger partial charge in [-0.3, -0.25) is 14.6 Å². The van der Waals surface area contributed by atoms with Gasteiger partial charge in [-0.2, -0.15) is 0 Å². The Balaban J connectivity index is 1.77. The minimum Gasteiger partial charge on any atom is -0.458 e. The molecule has 5 nitrogen and oxygen atoms in total. The van der Waals surface area contributed by atoms with Gasteiger partial charge in [0.05, 0.1) is 5.69 Å². The molecular weight excluding hydrogens is 268 g/mol. The van der Waals surface area contributed by atoms with Crippen LogP contribution in [0.2, 0.25) is 0 Å². The smallest absolute Gasteiger partial charge is 0.325 e. The molecule has 0 unspecified atom stereocenters. The van der Waals surface area contributed by atoms with Crippen molar-refractivity contribution in [2.24, 2.45) is 0 Å². The molecule has 1 N–H and O–H groups in total. The van der Waals surface area contributed by atoms with Crippen molar-refractivity contribution in [2.45, 2.75) is 13.5 Å². The fourth-order valence-corrected chi connectivity index (χ4v) is 1.73. The summed E-state index contributed by atoms with van der Waals surface area (Å²) in [6.45, 7) is 1.83. The van der Waals surface area contributed by atoms with Crippen molar-refractivity contribution in [1.29, 1.82) is 0 Å². The number of aromatic nitrogens is 1. The van der Waals surface area contributed by atoms with E-state index in [1.165, 1.54) is 0 Å². The van der Waals surface area contributed by atoms with Crippen molar-refractivity contribution < 1.29 is 14.3 Å². The Labute approximate surface area is 123 Å². The summed E-state index contributed by atoms with van der Waals surface area (Å²) >= 11 is 0. The predicted molar refractivity (Wildman–Crippen MR) is 77.5 cm³/mol. The van der Waals surface area contributed by atoms with E-state index in [4.69, 9.17) is 4.74 Å². The van der Waals surface area contributed by atoms with Crippen LogP contribution in [0.5, 0.6) is 0 Å². The monoisotopic (exact) mass is 284 g/mol. The Morgan fingerprint density at radius 2 is 2.05 bits per heavy atom. The summed E-state index contributed by atoms with van der Waals surface area (Å²) in [5, 5.41) is 2.53. The molecule has 1 heterocycles. The van der Waals surface area contributed by atoms with Crippen molar-refractivity contribution >= 4 is 11.9 Å². The van der Waals surface area contributed by atoms with Gasteiger partial charge in [0.25, 0.3) is 5.91 Å². The minimum atomic E-state index is -0.498. The number of nitrogens with zero attached hydrogens (tertiary/aromatic N) is 1. The normalized spacial score (nSPS) is 9.95. The van der Waals surface area contributed by atoms with Crippen LogP contribution in [0.4, 0.5) is 0 Å². The maximum absolute atomic E-state index is 11.8. The number of benzene rings is 1. The average Bonchev–Trinajstić information content (AvgIpc) is 2.51. The van der Waals surface area contributed by atoms with Crippen LogP contribution < -0.4 is 5.32 Å². The van der Waals surface area contributed by atoms with E-state index in [9.17, 15) is 9.59 Å². The van der Waals surface area contributed by atoms with Gasteiger partial charge in [-0.25, -0.2) is 0 Å². The van der Waals surface area contributed by atoms with Gasteiger partial charge in [-0.1, -0.05) is 23.8 Å². The molecule has 0 aliphatic rings. The van der Waals surface area contributed by atoms with Crippen LogP contribution in [-0.4, -0.2) is 23.4 Å². The lowest BCUT2D eigenvalue weighted by Crippen LogP contribution is -2.30. The Morgan fingerprint density at radius 3 is 2.76 bits per heavy atom. The molecule has 0 aliphatic carbocycles. The van der Waals surface area contributed by atoms with Gasteiger partial charge < -0.3 is 10.1 Å². The van der Waals surface area contributed by atoms with E-state index in [1.807, 2.05) is 19.1 Å². The number of ether oxygens (including phenoxy) is 1. The fraction of sp³-hybridized carbons (Fsp3) is 0.188. The maximum atomic E-state index is 11.8. The first kappa shape index (κ1) is 14.7. The van der Waals surface area contributed by atoms with Crippen molar-refractivity contribution in [3.8, 4) is 0 Å². The van der Waals surface area contributed by atoms with Crippen molar-refractivity contribution in [1.82, 2.24) is 10.3 Å². The van der Waals surface area contributed by atoms with Crippen molar-refractivity contribution in [3.63, 3.8) is 0 Å². The predicted octanol–water partition coefficient (Wildman–Crippen LogP) is 1.86. The molecule has 5 heteroatoms. The fourth-order valence-electron chi connectivity index (χ4n) is 1.73. The van der Waals surface area contributed by atoms with Gasteiger partial charge in [0.2, 0.25) is 0 Å². The molecule has 21 heavy (non-hydrogen) atoms. The zero-order chi connectivity index (χ0) is 15.1. The van der Waals surface area contributed by atoms with Crippen molar-refractivity contribution in [3.05, 3.63) is 65.5 Å². The van der Waals surface area contributed by atoms with E-state index < -0.39 is 5.97 Å². The summed E-state index contributed by atoms with van der Waals surface area (Å²) in [6.07, 6.45) is 1.63. The Kier molecular flexibility index (Phi) is 5.04. The van der Waals surface area contributed by atoms with E-state index in [1.54, 1.807) is 36.5 Å². The summed E-state index contributed by atoms with van der Waals surface area (Å²) in [6, 6.07) is 12.5. The number of aryl methyl sites for hydroxylation is 1. The summed E-state index contributed by atoms with van der Waals surface area (Å²) in [4.78, 5) is 27.4. The average molecular weight is 284 g/mol. The second-order valence-corrected chi connectivity index (χ2v) is 4.53. The maximum Gasteiger partial charge on any atom is 0.325 e. The topological polar surface area (TPSA) is 68.3 Å². The quantitative estimate of drug-likeness (QED) is 0.851. The number of esters is 1. The molecule has 0 saturated carbocycles.